The number of carbonyl (C=O) groups is 2. The molecule has 0 aliphatic rings. The summed E-state index contributed by atoms with van der Waals surface area (Å²) in [6.45, 7) is 1.39. The van der Waals surface area contributed by atoms with E-state index in [0.29, 0.717) is 10.6 Å². The maximum Gasteiger partial charge on any atom is 0.348 e. The highest BCUT2D eigenvalue weighted by Crippen LogP contribution is 2.30. The van der Waals surface area contributed by atoms with Gasteiger partial charge in [-0.3, -0.25) is 4.79 Å². The van der Waals surface area contributed by atoms with Gasteiger partial charge in [0, 0.05) is 25.2 Å². The van der Waals surface area contributed by atoms with E-state index in [4.69, 9.17) is 4.74 Å². The van der Waals surface area contributed by atoms with E-state index in [1.807, 2.05) is 37.3 Å². The number of aromatic nitrogens is 2. The zero-order valence-corrected chi connectivity index (χ0v) is 20.3. The van der Waals surface area contributed by atoms with Gasteiger partial charge in [0.2, 0.25) is 10.0 Å². The molecule has 0 spiro atoms. The van der Waals surface area contributed by atoms with Crippen molar-refractivity contribution in [1.82, 2.24) is 14.1 Å². The van der Waals surface area contributed by atoms with E-state index in [0.717, 1.165) is 25.9 Å². The van der Waals surface area contributed by atoms with Crippen molar-refractivity contribution in [3.8, 4) is 5.69 Å². The Bertz CT molecular complexity index is 1460. The fourth-order valence-corrected chi connectivity index (χ4v) is 5.19. The molecule has 0 aliphatic heterocycles. The summed E-state index contributed by atoms with van der Waals surface area (Å²) in [6.07, 6.45) is 0. The third kappa shape index (κ3) is 4.72. The van der Waals surface area contributed by atoms with Crippen LogP contribution in [0.4, 0.5) is 5.69 Å². The van der Waals surface area contributed by atoms with Gasteiger partial charge in [-0.05, 0) is 49.4 Å². The zero-order chi connectivity index (χ0) is 24.5. The summed E-state index contributed by atoms with van der Waals surface area (Å²) in [4.78, 5) is 26.1. The second-order valence-electron chi connectivity index (χ2n) is 7.60. The average Bonchev–Trinajstić information content (AvgIpc) is 3.39. The zero-order valence-electron chi connectivity index (χ0n) is 18.7. The van der Waals surface area contributed by atoms with Crippen molar-refractivity contribution < 1.29 is 22.7 Å². The maximum atomic E-state index is 12.6. The number of sulfonamides is 1. The van der Waals surface area contributed by atoms with Crippen LogP contribution in [0.25, 0.3) is 15.9 Å². The Balaban J connectivity index is 1.40. The van der Waals surface area contributed by atoms with Gasteiger partial charge in [-0.15, -0.1) is 11.3 Å². The molecule has 2 heterocycles. The predicted octanol–water partition coefficient (Wildman–Crippen LogP) is 3.44. The molecular formula is C23H22N4O5S2. The predicted molar refractivity (Wildman–Crippen MR) is 130 cm³/mol. The number of benzene rings is 2. The molecule has 4 aromatic rings. The second-order valence-corrected chi connectivity index (χ2v) is 10.8. The molecule has 2 aromatic carbocycles. The van der Waals surface area contributed by atoms with Gasteiger partial charge in [-0.1, -0.05) is 18.2 Å². The molecule has 2 aromatic heterocycles. The molecule has 0 saturated carbocycles. The minimum atomic E-state index is -3.56. The molecule has 0 saturated heterocycles. The van der Waals surface area contributed by atoms with Gasteiger partial charge in [0.1, 0.15) is 9.71 Å². The number of hydrogen-bond acceptors (Lipinski definition) is 7. The molecule has 176 valence electrons. The molecule has 0 fully saturated rings. The standard InChI is InChI=1S/C23H22N4O5S2/c1-15-19-13-20(33-22(19)27(25-15)17-7-5-4-6-8-17)23(29)32-14-21(28)24-16-9-11-18(12-10-16)34(30,31)26(2)3/h4-13H,14H2,1-3H3,(H,24,28). The fourth-order valence-electron chi connectivity index (χ4n) is 3.21. The van der Waals surface area contributed by atoms with Crippen LogP contribution in [0.3, 0.4) is 0 Å². The third-order valence-electron chi connectivity index (χ3n) is 5.00. The SMILES string of the molecule is Cc1nn(-c2ccccc2)c2sc(C(=O)OCC(=O)Nc3ccc(S(=O)(=O)N(C)C)cc3)cc12. The minimum absolute atomic E-state index is 0.107. The van der Waals surface area contributed by atoms with Crippen LogP contribution in [0.15, 0.2) is 65.6 Å². The van der Waals surface area contributed by atoms with Crippen LogP contribution in [0.2, 0.25) is 0 Å². The molecule has 4 rings (SSSR count). The lowest BCUT2D eigenvalue weighted by Crippen LogP contribution is -2.22. The van der Waals surface area contributed by atoms with E-state index in [9.17, 15) is 18.0 Å². The van der Waals surface area contributed by atoms with Crippen LogP contribution in [-0.2, 0) is 19.6 Å². The Morgan fingerprint density at radius 3 is 2.41 bits per heavy atom. The van der Waals surface area contributed by atoms with Crippen molar-refractivity contribution in [3.63, 3.8) is 0 Å². The Kier molecular flexibility index (Phi) is 6.51. The number of carbonyl (C=O) groups excluding carboxylic acids is 2. The number of anilines is 1. The molecule has 9 nitrogen and oxygen atoms in total. The number of nitrogens with one attached hydrogen (secondary N) is 1. The maximum absolute atomic E-state index is 12.6. The highest BCUT2D eigenvalue weighted by molar-refractivity contribution is 7.89. The summed E-state index contributed by atoms with van der Waals surface area (Å²) >= 11 is 1.24. The number of aryl methyl sites for hydroxylation is 1. The summed E-state index contributed by atoms with van der Waals surface area (Å²) < 4.78 is 32.3. The van der Waals surface area contributed by atoms with Crippen LogP contribution in [0.5, 0.6) is 0 Å². The van der Waals surface area contributed by atoms with Crippen molar-refractivity contribution >= 4 is 49.1 Å². The van der Waals surface area contributed by atoms with E-state index in [1.165, 1.54) is 49.7 Å². The first-order chi connectivity index (χ1) is 16.2. The van der Waals surface area contributed by atoms with Gasteiger partial charge in [0.15, 0.2) is 6.61 Å². The smallest absolute Gasteiger partial charge is 0.348 e. The van der Waals surface area contributed by atoms with Gasteiger partial charge >= 0.3 is 5.97 Å². The van der Waals surface area contributed by atoms with Gasteiger partial charge in [0.25, 0.3) is 5.91 Å². The fraction of sp³-hybridized carbons (Fsp3) is 0.174. The van der Waals surface area contributed by atoms with E-state index in [1.54, 1.807) is 10.7 Å². The van der Waals surface area contributed by atoms with Crippen LogP contribution >= 0.6 is 11.3 Å². The number of esters is 1. The lowest BCUT2D eigenvalue weighted by molar-refractivity contribution is -0.119. The van der Waals surface area contributed by atoms with Crippen molar-refractivity contribution in [2.24, 2.45) is 0 Å². The van der Waals surface area contributed by atoms with E-state index >= 15 is 0 Å². The highest BCUT2D eigenvalue weighted by Gasteiger charge is 2.20. The molecule has 11 heteroatoms. The first-order valence-corrected chi connectivity index (χ1v) is 12.5. The number of thiophene rings is 1. The Morgan fingerprint density at radius 1 is 1.09 bits per heavy atom. The number of fused-ring (bicyclic) bond motifs is 1. The van der Waals surface area contributed by atoms with Crippen LogP contribution in [-0.4, -0.2) is 55.1 Å². The normalized spacial score (nSPS) is 11.6. The van der Waals surface area contributed by atoms with E-state index in [2.05, 4.69) is 10.4 Å². The molecule has 0 atom stereocenters. The molecule has 0 aliphatic carbocycles. The van der Waals surface area contributed by atoms with Gasteiger partial charge in [0.05, 0.1) is 16.3 Å². The summed E-state index contributed by atoms with van der Waals surface area (Å²) in [5, 5.41) is 7.97. The quantitative estimate of drug-likeness (QED) is 0.391. The van der Waals surface area contributed by atoms with Gasteiger partial charge < -0.3 is 10.1 Å². The number of para-hydroxylation sites is 1. The number of nitrogens with zero attached hydrogens (tertiary/aromatic N) is 3. The molecular weight excluding hydrogens is 476 g/mol. The van der Waals surface area contributed by atoms with Crippen molar-refractivity contribution in [3.05, 3.63) is 71.2 Å². The van der Waals surface area contributed by atoms with Crippen LogP contribution in [0.1, 0.15) is 15.4 Å². The number of amides is 1. The van der Waals surface area contributed by atoms with Crippen molar-refractivity contribution in [2.75, 3.05) is 26.0 Å². The first kappa shape index (κ1) is 23.6. The number of ether oxygens (including phenoxy) is 1. The largest absolute Gasteiger partial charge is 0.451 e. The second kappa shape index (κ2) is 9.37. The third-order valence-corrected chi connectivity index (χ3v) is 7.92. The summed E-state index contributed by atoms with van der Waals surface area (Å²) in [7, 11) is -0.680. The lowest BCUT2D eigenvalue weighted by atomic mass is 10.3. The van der Waals surface area contributed by atoms with E-state index < -0.39 is 28.5 Å². The van der Waals surface area contributed by atoms with Crippen LogP contribution < -0.4 is 5.32 Å². The highest BCUT2D eigenvalue weighted by atomic mass is 32.2. The Hall–Kier alpha value is -3.54. The first-order valence-electron chi connectivity index (χ1n) is 10.2. The number of hydrogen-bond donors (Lipinski definition) is 1. The molecule has 1 amide bonds. The Labute approximate surface area is 200 Å². The van der Waals surface area contributed by atoms with Crippen molar-refractivity contribution in [1.29, 1.82) is 0 Å². The number of rotatable bonds is 7. The molecule has 34 heavy (non-hydrogen) atoms. The minimum Gasteiger partial charge on any atom is -0.451 e. The molecule has 0 bridgehead atoms. The Morgan fingerprint density at radius 2 is 1.76 bits per heavy atom. The lowest BCUT2D eigenvalue weighted by Gasteiger charge is -2.12. The van der Waals surface area contributed by atoms with Crippen LogP contribution in [0, 0.1) is 6.92 Å². The molecule has 0 unspecified atom stereocenters. The van der Waals surface area contributed by atoms with E-state index in [-0.39, 0.29) is 4.90 Å². The molecule has 0 radical (unpaired) electrons. The van der Waals surface area contributed by atoms with Crippen molar-refractivity contribution in [2.45, 2.75) is 11.8 Å². The van der Waals surface area contributed by atoms with Gasteiger partial charge in [-0.2, -0.15) is 5.10 Å². The van der Waals surface area contributed by atoms with Gasteiger partial charge in [-0.25, -0.2) is 22.2 Å². The monoisotopic (exact) mass is 498 g/mol. The summed E-state index contributed by atoms with van der Waals surface area (Å²) in [5.41, 5.74) is 2.05. The summed E-state index contributed by atoms with van der Waals surface area (Å²) in [5.74, 6) is -1.15. The molecule has 1 N–H and O–H groups in total. The summed E-state index contributed by atoms with van der Waals surface area (Å²) in [6, 6.07) is 17.0. The average molecular weight is 499 g/mol. The topological polar surface area (TPSA) is 111 Å².